The minimum atomic E-state index is -0.221. The molecule has 1 atom stereocenters. The summed E-state index contributed by atoms with van der Waals surface area (Å²) >= 11 is 0. The molecule has 2 aromatic carbocycles. The van der Waals surface area contributed by atoms with Crippen molar-refractivity contribution in [2.24, 2.45) is 4.99 Å². The van der Waals surface area contributed by atoms with Gasteiger partial charge in [-0.3, -0.25) is 4.99 Å². The summed E-state index contributed by atoms with van der Waals surface area (Å²) in [5.41, 5.74) is 1.00. The molecule has 0 aromatic heterocycles. The Kier molecular flexibility index (Phi) is 8.12. The van der Waals surface area contributed by atoms with Gasteiger partial charge in [0.25, 0.3) is 0 Å². The molecule has 0 aliphatic carbocycles. The van der Waals surface area contributed by atoms with Crippen molar-refractivity contribution in [2.75, 3.05) is 40.5 Å². The van der Waals surface area contributed by atoms with Crippen molar-refractivity contribution >= 4 is 5.96 Å². The quantitative estimate of drug-likeness (QED) is 0.497. The maximum absolute atomic E-state index is 13.4. The number of nitrogens with one attached hydrogen (secondary N) is 2. The average Bonchev–Trinajstić information content (AvgIpc) is 2.80. The van der Waals surface area contributed by atoms with Crippen LogP contribution in [0.15, 0.2) is 53.5 Å². The summed E-state index contributed by atoms with van der Waals surface area (Å²) in [6.45, 7) is 4.65. The summed E-state index contributed by atoms with van der Waals surface area (Å²) in [5, 5.41) is 6.77. The Morgan fingerprint density at radius 3 is 2.52 bits per heavy atom. The maximum atomic E-state index is 13.4. The highest BCUT2D eigenvalue weighted by Crippen LogP contribution is 2.34. The van der Waals surface area contributed by atoms with Crippen molar-refractivity contribution in [3.63, 3.8) is 0 Å². The van der Waals surface area contributed by atoms with Gasteiger partial charge in [0.05, 0.1) is 13.7 Å². The number of aliphatic imine (C=N–C) groups is 1. The van der Waals surface area contributed by atoms with Gasteiger partial charge >= 0.3 is 0 Å². The smallest absolute Gasteiger partial charge is 0.191 e. The molecular formula is C24H32FN3O3. The van der Waals surface area contributed by atoms with E-state index in [1.165, 1.54) is 12.1 Å². The molecule has 1 fully saturated rings. The molecule has 7 heteroatoms. The van der Waals surface area contributed by atoms with E-state index in [4.69, 9.17) is 14.2 Å². The largest absolute Gasteiger partial charge is 0.497 e. The molecule has 1 unspecified atom stereocenters. The van der Waals surface area contributed by atoms with Crippen LogP contribution in [-0.2, 0) is 10.2 Å². The van der Waals surface area contributed by atoms with Crippen LogP contribution in [0.25, 0.3) is 0 Å². The number of halogens is 1. The van der Waals surface area contributed by atoms with Crippen LogP contribution >= 0.6 is 0 Å². The van der Waals surface area contributed by atoms with Gasteiger partial charge in [0, 0.05) is 38.3 Å². The summed E-state index contributed by atoms with van der Waals surface area (Å²) < 4.78 is 30.2. The molecule has 2 aromatic rings. The monoisotopic (exact) mass is 429 g/mol. The number of rotatable bonds is 8. The SMILES string of the molecule is CN=C(NCC(C)Oc1cccc(OC)c1)NCC1(c2ccc(F)cc2)CCOCC1. The van der Waals surface area contributed by atoms with Gasteiger partial charge in [0.2, 0.25) is 0 Å². The third-order valence-electron chi connectivity index (χ3n) is 5.66. The van der Waals surface area contributed by atoms with Gasteiger partial charge in [-0.2, -0.15) is 0 Å². The van der Waals surface area contributed by atoms with Crippen LogP contribution in [0.3, 0.4) is 0 Å². The van der Waals surface area contributed by atoms with E-state index in [2.05, 4.69) is 15.6 Å². The van der Waals surface area contributed by atoms with Crippen molar-refractivity contribution in [1.29, 1.82) is 0 Å². The van der Waals surface area contributed by atoms with E-state index in [0.717, 1.165) is 29.9 Å². The van der Waals surface area contributed by atoms with E-state index in [-0.39, 0.29) is 17.3 Å². The molecule has 0 bridgehead atoms. The number of nitrogens with zero attached hydrogens (tertiary/aromatic N) is 1. The zero-order valence-electron chi connectivity index (χ0n) is 18.5. The van der Waals surface area contributed by atoms with Crippen molar-refractivity contribution in [2.45, 2.75) is 31.3 Å². The third-order valence-corrected chi connectivity index (χ3v) is 5.66. The first kappa shape index (κ1) is 22.9. The number of hydrogen-bond donors (Lipinski definition) is 2. The Bertz CT molecular complexity index is 851. The number of hydrogen-bond acceptors (Lipinski definition) is 4. The molecular weight excluding hydrogens is 397 g/mol. The predicted molar refractivity (Wildman–Crippen MR) is 121 cm³/mol. The van der Waals surface area contributed by atoms with E-state index in [1.807, 2.05) is 43.3 Å². The molecule has 1 aliphatic rings. The minimum Gasteiger partial charge on any atom is -0.497 e. The van der Waals surface area contributed by atoms with Crippen LogP contribution in [0.2, 0.25) is 0 Å². The standard InChI is InChI=1S/C24H32FN3O3/c1-18(31-22-6-4-5-21(15-22)29-3)16-27-23(26-2)28-17-24(11-13-30-14-12-24)19-7-9-20(25)10-8-19/h4-10,15,18H,11-14,16-17H2,1-3H3,(H2,26,27,28). The van der Waals surface area contributed by atoms with Gasteiger partial charge in [-0.15, -0.1) is 0 Å². The van der Waals surface area contributed by atoms with Gasteiger partial charge in [0.1, 0.15) is 23.4 Å². The molecule has 1 saturated heterocycles. The Balaban J connectivity index is 1.56. The first-order chi connectivity index (χ1) is 15.0. The van der Waals surface area contributed by atoms with Crippen LogP contribution in [0.5, 0.6) is 11.5 Å². The van der Waals surface area contributed by atoms with Gasteiger partial charge in [-0.25, -0.2) is 4.39 Å². The second-order valence-corrected chi connectivity index (χ2v) is 7.81. The second kappa shape index (κ2) is 11.0. The molecule has 168 valence electrons. The molecule has 3 rings (SSSR count). The first-order valence-electron chi connectivity index (χ1n) is 10.6. The van der Waals surface area contributed by atoms with Crippen LogP contribution in [0, 0.1) is 5.82 Å². The van der Waals surface area contributed by atoms with Crippen molar-refractivity contribution in [3.8, 4) is 11.5 Å². The van der Waals surface area contributed by atoms with E-state index < -0.39 is 0 Å². The Hall–Kier alpha value is -2.80. The molecule has 0 amide bonds. The molecule has 2 N–H and O–H groups in total. The highest BCUT2D eigenvalue weighted by Gasteiger charge is 2.34. The van der Waals surface area contributed by atoms with Crippen molar-refractivity contribution in [3.05, 3.63) is 59.9 Å². The van der Waals surface area contributed by atoms with E-state index in [1.54, 1.807) is 14.2 Å². The van der Waals surface area contributed by atoms with Crippen molar-refractivity contribution < 1.29 is 18.6 Å². The lowest BCUT2D eigenvalue weighted by Gasteiger charge is -2.38. The summed E-state index contributed by atoms with van der Waals surface area (Å²) in [4.78, 5) is 4.35. The maximum Gasteiger partial charge on any atom is 0.191 e. The minimum absolute atomic E-state index is 0.0696. The topological polar surface area (TPSA) is 64.1 Å². The summed E-state index contributed by atoms with van der Waals surface area (Å²) in [7, 11) is 3.38. The first-order valence-corrected chi connectivity index (χ1v) is 10.6. The Morgan fingerprint density at radius 2 is 1.84 bits per heavy atom. The molecule has 0 radical (unpaired) electrons. The highest BCUT2D eigenvalue weighted by molar-refractivity contribution is 5.79. The van der Waals surface area contributed by atoms with E-state index in [0.29, 0.717) is 32.3 Å². The van der Waals surface area contributed by atoms with E-state index in [9.17, 15) is 4.39 Å². The van der Waals surface area contributed by atoms with Crippen LogP contribution in [0.4, 0.5) is 4.39 Å². The van der Waals surface area contributed by atoms with E-state index >= 15 is 0 Å². The number of ether oxygens (including phenoxy) is 3. The van der Waals surface area contributed by atoms with Crippen LogP contribution < -0.4 is 20.1 Å². The lowest BCUT2D eigenvalue weighted by molar-refractivity contribution is 0.0513. The average molecular weight is 430 g/mol. The fraction of sp³-hybridized carbons (Fsp3) is 0.458. The molecule has 0 saturated carbocycles. The normalized spacial score (nSPS) is 17.0. The Morgan fingerprint density at radius 1 is 1.13 bits per heavy atom. The lowest BCUT2D eigenvalue weighted by atomic mass is 9.74. The predicted octanol–water partition coefficient (Wildman–Crippen LogP) is 3.52. The zero-order chi connectivity index (χ0) is 22.1. The van der Waals surface area contributed by atoms with Gasteiger partial charge in [-0.05, 0) is 49.6 Å². The summed E-state index contributed by atoms with van der Waals surface area (Å²) in [6, 6.07) is 14.4. The molecule has 6 nitrogen and oxygen atoms in total. The summed E-state index contributed by atoms with van der Waals surface area (Å²) in [6.07, 6.45) is 1.68. The van der Waals surface area contributed by atoms with Gasteiger partial charge < -0.3 is 24.8 Å². The molecule has 31 heavy (non-hydrogen) atoms. The Labute approximate surface area is 183 Å². The summed E-state index contributed by atoms with van der Waals surface area (Å²) in [5.74, 6) is 2.00. The zero-order valence-corrected chi connectivity index (χ0v) is 18.5. The van der Waals surface area contributed by atoms with Crippen LogP contribution in [-0.4, -0.2) is 52.5 Å². The second-order valence-electron chi connectivity index (χ2n) is 7.81. The lowest BCUT2D eigenvalue weighted by Crippen LogP contribution is -2.49. The number of methoxy groups -OCH3 is 1. The third kappa shape index (κ3) is 6.34. The molecule has 1 aliphatic heterocycles. The van der Waals surface area contributed by atoms with Gasteiger partial charge in [0.15, 0.2) is 5.96 Å². The fourth-order valence-corrected chi connectivity index (χ4v) is 3.80. The van der Waals surface area contributed by atoms with Gasteiger partial charge in [-0.1, -0.05) is 18.2 Å². The molecule has 1 heterocycles. The number of guanidine groups is 1. The number of benzene rings is 2. The fourth-order valence-electron chi connectivity index (χ4n) is 3.80. The molecule has 0 spiro atoms. The highest BCUT2D eigenvalue weighted by atomic mass is 19.1. The van der Waals surface area contributed by atoms with Crippen molar-refractivity contribution in [1.82, 2.24) is 10.6 Å². The van der Waals surface area contributed by atoms with Crippen LogP contribution in [0.1, 0.15) is 25.3 Å².